The number of imidazole rings is 1. The molecule has 0 saturated carbocycles. The summed E-state index contributed by atoms with van der Waals surface area (Å²) in [6.45, 7) is -0.804. The summed E-state index contributed by atoms with van der Waals surface area (Å²) in [5, 5.41) is 29.8. The molecular weight excluding hydrogens is 533 g/mol. The van der Waals surface area contributed by atoms with Crippen molar-refractivity contribution in [1.82, 2.24) is 19.5 Å². The van der Waals surface area contributed by atoms with E-state index in [9.17, 15) is 29.7 Å². The van der Waals surface area contributed by atoms with Gasteiger partial charge < -0.3 is 35.3 Å². The maximum Gasteiger partial charge on any atom is 0.348 e. The molecule has 38 heavy (non-hydrogen) atoms. The summed E-state index contributed by atoms with van der Waals surface area (Å²) in [5.41, 5.74) is 3.42. The minimum Gasteiger partial charge on any atom is -0.479 e. The molecule has 0 unspecified atom stereocenters. The smallest absolute Gasteiger partial charge is 0.348 e. The van der Waals surface area contributed by atoms with Gasteiger partial charge in [0, 0.05) is 6.42 Å². The fourth-order valence-corrected chi connectivity index (χ4v) is 4.14. The quantitative estimate of drug-likeness (QED) is 0.163. The van der Waals surface area contributed by atoms with Gasteiger partial charge in [0.05, 0.1) is 25.6 Å². The number of carboxylic acids is 2. The molecule has 1 aliphatic rings. The van der Waals surface area contributed by atoms with E-state index in [0.29, 0.717) is 0 Å². The van der Waals surface area contributed by atoms with Crippen LogP contribution in [0.1, 0.15) is 22.1 Å². The van der Waals surface area contributed by atoms with Crippen molar-refractivity contribution in [2.75, 3.05) is 19.5 Å². The van der Waals surface area contributed by atoms with Gasteiger partial charge in [-0.15, -0.1) is 0 Å². The van der Waals surface area contributed by atoms with Gasteiger partial charge in [-0.1, -0.05) is 12.1 Å². The van der Waals surface area contributed by atoms with Crippen molar-refractivity contribution in [2.45, 2.75) is 36.6 Å². The van der Waals surface area contributed by atoms with E-state index in [-0.39, 0.29) is 33.4 Å². The SMILES string of the molecule is COC(=O)c1ccc(CC(OC[C@H]2O[C@@H](n3cnc4c(N)nc(Cl)nc43)[C@@H](F)[C@@H]2O)(C(=O)O)C(=O)O)cc1. The molecule has 202 valence electrons. The monoisotopic (exact) mass is 553 g/mol. The fourth-order valence-electron chi connectivity index (χ4n) is 3.97. The summed E-state index contributed by atoms with van der Waals surface area (Å²) in [7, 11) is 1.18. The van der Waals surface area contributed by atoms with Crippen LogP contribution in [0, 0.1) is 0 Å². The zero-order valence-corrected chi connectivity index (χ0v) is 20.3. The first-order chi connectivity index (χ1) is 18.0. The lowest BCUT2D eigenvalue weighted by Gasteiger charge is -2.27. The first-order valence-corrected chi connectivity index (χ1v) is 11.3. The van der Waals surface area contributed by atoms with Crippen LogP contribution in [-0.2, 0) is 30.2 Å². The highest BCUT2D eigenvalue weighted by molar-refractivity contribution is 6.28. The third-order valence-corrected chi connectivity index (χ3v) is 6.17. The van der Waals surface area contributed by atoms with E-state index in [1.165, 1.54) is 31.4 Å². The summed E-state index contributed by atoms with van der Waals surface area (Å²) in [4.78, 5) is 47.5. The summed E-state index contributed by atoms with van der Waals surface area (Å²) in [6.07, 6.45) is -6.37. The molecule has 0 radical (unpaired) electrons. The number of aliphatic carboxylic acids is 2. The predicted octanol–water partition coefficient (Wildman–Crippen LogP) is 0.612. The number of rotatable bonds is 9. The highest BCUT2D eigenvalue weighted by atomic mass is 35.5. The van der Waals surface area contributed by atoms with Gasteiger partial charge in [-0.05, 0) is 29.3 Å². The molecule has 3 aromatic rings. The Morgan fingerprint density at radius 2 is 1.87 bits per heavy atom. The highest BCUT2D eigenvalue weighted by Gasteiger charge is 2.52. The Morgan fingerprint density at radius 3 is 2.47 bits per heavy atom. The number of nitrogen functional groups attached to an aromatic ring is 1. The molecule has 5 N–H and O–H groups in total. The fraction of sp³-hybridized carbons (Fsp3) is 0.364. The number of alkyl halides is 1. The van der Waals surface area contributed by atoms with E-state index in [1.54, 1.807) is 0 Å². The molecule has 0 aliphatic carbocycles. The Morgan fingerprint density at radius 1 is 1.21 bits per heavy atom. The number of aliphatic hydroxyl groups is 1. The number of carbonyl (C=O) groups is 3. The number of ether oxygens (including phenoxy) is 3. The number of hydrogen-bond acceptors (Lipinski definition) is 11. The van der Waals surface area contributed by atoms with Crippen LogP contribution in [0.4, 0.5) is 10.2 Å². The highest BCUT2D eigenvalue weighted by Crippen LogP contribution is 2.35. The molecule has 2 aromatic heterocycles. The number of carboxylic acid groups (broad SMARTS) is 2. The van der Waals surface area contributed by atoms with Gasteiger partial charge in [-0.3, -0.25) is 4.57 Å². The number of aliphatic hydroxyl groups excluding tert-OH is 1. The number of carbonyl (C=O) groups excluding carboxylic acids is 1. The molecule has 1 aromatic carbocycles. The van der Waals surface area contributed by atoms with Crippen molar-refractivity contribution in [3.63, 3.8) is 0 Å². The lowest BCUT2D eigenvalue weighted by molar-refractivity contribution is -0.190. The van der Waals surface area contributed by atoms with Crippen LogP contribution in [0.3, 0.4) is 0 Å². The van der Waals surface area contributed by atoms with Crippen molar-refractivity contribution in [1.29, 1.82) is 0 Å². The molecule has 1 aliphatic heterocycles. The zero-order valence-electron chi connectivity index (χ0n) is 19.5. The topological polar surface area (TPSA) is 209 Å². The largest absolute Gasteiger partial charge is 0.479 e. The summed E-state index contributed by atoms with van der Waals surface area (Å²) in [5.74, 6) is -4.39. The lowest BCUT2D eigenvalue weighted by Crippen LogP contribution is -2.52. The van der Waals surface area contributed by atoms with Gasteiger partial charge in [-0.25, -0.2) is 23.8 Å². The molecular formula is C22H21ClFN5O9. The average molecular weight is 554 g/mol. The standard InChI is InChI=1S/C22H21ClFN5O9/c1-36-18(31)10-4-2-9(3-5-10)6-22(19(32)33,20(34)35)37-7-11-14(30)12(24)17(38-11)29-8-26-13-15(25)27-21(23)28-16(13)29/h2-5,8,11-12,14,17,30H,6-7H2,1H3,(H,32,33)(H,34,35)(H2,25,27,28)/t11-,12+,14-,17-/m1/s1. The number of methoxy groups -OCH3 is 1. The van der Waals surface area contributed by atoms with Crippen molar-refractivity contribution < 1.29 is 48.3 Å². The predicted molar refractivity (Wildman–Crippen MR) is 125 cm³/mol. The third-order valence-electron chi connectivity index (χ3n) is 6.00. The number of benzene rings is 1. The minimum absolute atomic E-state index is 0.0183. The molecule has 0 amide bonds. The van der Waals surface area contributed by atoms with E-state index in [0.717, 1.165) is 10.9 Å². The van der Waals surface area contributed by atoms with Crippen molar-refractivity contribution in [2.24, 2.45) is 0 Å². The second-order valence-electron chi connectivity index (χ2n) is 8.32. The molecule has 16 heteroatoms. The first kappa shape index (κ1) is 27.1. The normalized spacial score (nSPS) is 21.5. The maximum absolute atomic E-state index is 15.1. The van der Waals surface area contributed by atoms with Crippen molar-refractivity contribution in [3.05, 3.63) is 47.0 Å². The van der Waals surface area contributed by atoms with Crippen LogP contribution in [0.15, 0.2) is 30.6 Å². The van der Waals surface area contributed by atoms with Crippen molar-refractivity contribution in [3.8, 4) is 0 Å². The third kappa shape index (κ3) is 4.83. The van der Waals surface area contributed by atoms with Gasteiger partial charge >= 0.3 is 17.9 Å². The van der Waals surface area contributed by atoms with Crippen LogP contribution in [-0.4, -0.2) is 90.4 Å². The van der Waals surface area contributed by atoms with E-state index >= 15 is 4.39 Å². The summed E-state index contributed by atoms with van der Waals surface area (Å²) in [6, 6.07) is 5.34. The number of halogens is 2. The second-order valence-corrected chi connectivity index (χ2v) is 8.65. The van der Waals surface area contributed by atoms with Gasteiger partial charge in [-0.2, -0.15) is 9.97 Å². The van der Waals surface area contributed by atoms with Crippen molar-refractivity contribution >= 4 is 46.5 Å². The molecule has 0 spiro atoms. The van der Waals surface area contributed by atoms with Gasteiger partial charge in [0.2, 0.25) is 5.28 Å². The summed E-state index contributed by atoms with van der Waals surface area (Å²) < 4.78 is 31.7. The Kier molecular flexibility index (Phi) is 7.46. The Balaban J connectivity index is 1.55. The first-order valence-electron chi connectivity index (χ1n) is 10.9. The number of anilines is 1. The molecule has 0 bridgehead atoms. The van der Waals surface area contributed by atoms with E-state index in [2.05, 4.69) is 19.7 Å². The van der Waals surface area contributed by atoms with E-state index in [4.69, 9.17) is 26.8 Å². The Hall–Kier alpha value is -3.92. The second kappa shape index (κ2) is 10.4. The number of nitrogens with zero attached hydrogens (tertiary/aromatic N) is 4. The minimum atomic E-state index is -2.82. The lowest BCUT2D eigenvalue weighted by atomic mass is 9.93. The van der Waals surface area contributed by atoms with Crippen LogP contribution in [0.2, 0.25) is 5.28 Å². The molecule has 1 saturated heterocycles. The molecule has 3 heterocycles. The Labute approximate surface area is 217 Å². The number of aromatic nitrogens is 4. The Bertz CT molecular complexity index is 1370. The number of esters is 1. The van der Waals surface area contributed by atoms with Gasteiger partial charge in [0.1, 0.15) is 17.7 Å². The molecule has 4 rings (SSSR count). The van der Waals surface area contributed by atoms with Gasteiger partial charge in [0.25, 0.3) is 5.60 Å². The maximum atomic E-state index is 15.1. The molecule has 14 nitrogen and oxygen atoms in total. The average Bonchev–Trinajstić information content (AvgIpc) is 3.42. The number of nitrogens with two attached hydrogens (primary N) is 1. The van der Waals surface area contributed by atoms with Crippen LogP contribution < -0.4 is 5.73 Å². The van der Waals surface area contributed by atoms with Crippen LogP contribution >= 0.6 is 11.6 Å². The number of fused-ring (bicyclic) bond motifs is 1. The summed E-state index contributed by atoms with van der Waals surface area (Å²) >= 11 is 5.83. The van der Waals surface area contributed by atoms with E-state index in [1.807, 2.05) is 0 Å². The van der Waals surface area contributed by atoms with Crippen LogP contribution in [0.25, 0.3) is 11.2 Å². The van der Waals surface area contributed by atoms with E-state index < -0.39 is 61.1 Å². The van der Waals surface area contributed by atoms with Gasteiger partial charge in [0.15, 0.2) is 23.9 Å². The molecule has 4 atom stereocenters. The molecule has 1 fully saturated rings. The number of hydrogen-bond donors (Lipinski definition) is 4. The zero-order chi connectivity index (χ0) is 27.8. The van der Waals surface area contributed by atoms with Crippen LogP contribution in [0.5, 0.6) is 0 Å².